The predicted octanol–water partition coefficient (Wildman–Crippen LogP) is 2.50. The molecule has 1 heterocycles. The number of rotatable bonds is 1. The summed E-state index contributed by atoms with van der Waals surface area (Å²) in [6, 6.07) is 9.90. The van der Waals surface area contributed by atoms with Crippen molar-refractivity contribution in [2.24, 2.45) is 0 Å². The van der Waals surface area contributed by atoms with E-state index in [1.165, 1.54) is 0 Å². The zero-order chi connectivity index (χ0) is 10.2. The van der Waals surface area contributed by atoms with Gasteiger partial charge in [0, 0.05) is 6.42 Å². The first kappa shape index (κ1) is 9.41. The zero-order valence-electron chi connectivity index (χ0n) is 8.49. The smallest absolute Gasteiger partial charge is 0.167 e. The Balaban J connectivity index is 2.21. The van der Waals surface area contributed by atoms with E-state index in [9.17, 15) is 4.79 Å². The van der Waals surface area contributed by atoms with Gasteiger partial charge in [0.15, 0.2) is 5.78 Å². The lowest BCUT2D eigenvalue weighted by atomic mass is 10.0. The largest absolute Gasteiger partial charge is 0.359 e. The average Bonchev–Trinajstić information content (AvgIpc) is 2.43. The summed E-state index contributed by atoms with van der Waals surface area (Å²) in [5, 5.41) is 0. The molecule has 0 bridgehead atoms. The number of carbonyl (C=O) groups excluding carboxylic acids is 1. The molecule has 1 aromatic rings. The van der Waals surface area contributed by atoms with Crippen LogP contribution in [0.25, 0.3) is 0 Å². The Morgan fingerprint density at radius 2 is 1.93 bits per heavy atom. The van der Waals surface area contributed by atoms with Crippen molar-refractivity contribution in [3.05, 3.63) is 35.9 Å². The van der Waals surface area contributed by atoms with Gasteiger partial charge in [0.2, 0.25) is 0 Å². The van der Waals surface area contributed by atoms with Crippen LogP contribution in [0.5, 0.6) is 0 Å². The molecule has 2 heteroatoms. The minimum absolute atomic E-state index is 0.0568. The number of hydrogen-bond acceptors (Lipinski definition) is 2. The molecule has 1 fully saturated rings. The standard InChI is InChI=1S/C12H14O2/c1-12(2)11(13)8-10(14-12)9-6-4-3-5-7-9/h3-7,10H,8H2,1-2H3/t10-/m1/s1. The van der Waals surface area contributed by atoms with Crippen LogP contribution < -0.4 is 0 Å². The Bertz CT molecular complexity index is 341. The van der Waals surface area contributed by atoms with Gasteiger partial charge in [-0.3, -0.25) is 4.79 Å². The Morgan fingerprint density at radius 1 is 1.29 bits per heavy atom. The van der Waals surface area contributed by atoms with E-state index in [1.54, 1.807) is 0 Å². The first-order valence-corrected chi connectivity index (χ1v) is 4.86. The lowest BCUT2D eigenvalue weighted by Gasteiger charge is -2.17. The average molecular weight is 190 g/mol. The van der Waals surface area contributed by atoms with E-state index >= 15 is 0 Å². The number of ether oxygens (including phenoxy) is 1. The molecule has 0 spiro atoms. The van der Waals surface area contributed by atoms with Crippen molar-refractivity contribution in [1.82, 2.24) is 0 Å². The zero-order valence-corrected chi connectivity index (χ0v) is 8.49. The third-order valence-electron chi connectivity index (χ3n) is 2.65. The molecule has 1 aliphatic rings. The second-order valence-electron chi connectivity index (χ2n) is 4.15. The van der Waals surface area contributed by atoms with Crippen molar-refractivity contribution in [1.29, 1.82) is 0 Å². The van der Waals surface area contributed by atoms with Gasteiger partial charge in [-0.05, 0) is 19.4 Å². The Labute approximate surface area is 83.9 Å². The van der Waals surface area contributed by atoms with Gasteiger partial charge in [0.25, 0.3) is 0 Å². The molecule has 0 N–H and O–H groups in total. The quantitative estimate of drug-likeness (QED) is 0.680. The van der Waals surface area contributed by atoms with Gasteiger partial charge in [-0.15, -0.1) is 0 Å². The summed E-state index contributed by atoms with van der Waals surface area (Å²) >= 11 is 0. The molecule has 2 nitrogen and oxygen atoms in total. The minimum atomic E-state index is -0.611. The molecule has 2 rings (SSSR count). The summed E-state index contributed by atoms with van der Waals surface area (Å²) in [5.74, 6) is 0.186. The van der Waals surface area contributed by atoms with Crippen LogP contribution in [0.2, 0.25) is 0 Å². The van der Waals surface area contributed by atoms with Gasteiger partial charge in [-0.1, -0.05) is 30.3 Å². The summed E-state index contributed by atoms with van der Waals surface area (Å²) < 4.78 is 5.70. The lowest BCUT2D eigenvalue weighted by molar-refractivity contribution is -0.129. The molecule has 1 aromatic carbocycles. The molecule has 0 amide bonds. The van der Waals surface area contributed by atoms with Crippen molar-refractivity contribution in [2.45, 2.75) is 32.0 Å². The van der Waals surface area contributed by atoms with Crippen LogP contribution in [0, 0.1) is 0 Å². The molecule has 0 aliphatic carbocycles. The van der Waals surface area contributed by atoms with Crippen molar-refractivity contribution in [3.63, 3.8) is 0 Å². The third kappa shape index (κ3) is 1.58. The van der Waals surface area contributed by atoms with Gasteiger partial charge in [0.1, 0.15) is 5.60 Å². The SMILES string of the molecule is CC1(C)O[C@@H](c2ccccc2)CC1=O. The normalized spacial score (nSPS) is 25.3. The van der Waals surface area contributed by atoms with E-state index in [4.69, 9.17) is 4.74 Å². The number of Topliss-reactive ketones (excluding diaryl/α,β-unsaturated/α-hetero) is 1. The monoisotopic (exact) mass is 190 g/mol. The highest BCUT2D eigenvalue weighted by Crippen LogP contribution is 2.36. The lowest BCUT2D eigenvalue weighted by Crippen LogP contribution is -2.26. The third-order valence-corrected chi connectivity index (χ3v) is 2.65. The van der Waals surface area contributed by atoms with Crippen LogP contribution in [0.3, 0.4) is 0 Å². The number of ketones is 1. The fourth-order valence-electron chi connectivity index (χ4n) is 1.73. The van der Waals surface area contributed by atoms with Crippen LogP contribution in [-0.2, 0) is 9.53 Å². The summed E-state index contributed by atoms with van der Waals surface area (Å²) in [4.78, 5) is 11.6. The van der Waals surface area contributed by atoms with E-state index in [0.29, 0.717) is 6.42 Å². The van der Waals surface area contributed by atoms with E-state index in [-0.39, 0.29) is 11.9 Å². The topological polar surface area (TPSA) is 26.3 Å². The molecular formula is C12H14O2. The van der Waals surface area contributed by atoms with E-state index < -0.39 is 5.60 Å². The highest BCUT2D eigenvalue weighted by molar-refractivity contribution is 5.88. The van der Waals surface area contributed by atoms with E-state index in [2.05, 4.69) is 0 Å². The molecule has 0 unspecified atom stereocenters. The van der Waals surface area contributed by atoms with Crippen molar-refractivity contribution in [3.8, 4) is 0 Å². The highest BCUT2D eigenvalue weighted by atomic mass is 16.5. The van der Waals surface area contributed by atoms with Crippen molar-refractivity contribution in [2.75, 3.05) is 0 Å². The van der Waals surface area contributed by atoms with E-state index in [1.807, 2.05) is 44.2 Å². The Hall–Kier alpha value is -1.15. The molecule has 0 radical (unpaired) electrons. The second-order valence-corrected chi connectivity index (χ2v) is 4.15. The molecule has 0 saturated carbocycles. The number of carbonyl (C=O) groups is 1. The first-order valence-electron chi connectivity index (χ1n) is 4.86. The summed E-state index contributed by atoms with van der Waals surface area (Å²) in [6.07, 6.45) is 0.440. The number of hydrogen-bond donors (Lipinski definition) is 0. The highest BCUT2D eigenvalue weighted by Gasteiger charge is 2.40. The van der Waals surface area contributed by atoms with E-state index in [0.717, 1.165) is 5.56 Å². The van der Waals surface area contributed by atoms with Crippen molar-refractivity contribution >= 4 is 5.78 Å². The fourth-order valence-corrected chi connectivity index (χ4v) is 1.73. The van der Waals surface area contributed by atoms with Crippen LogP contribution in [0.1, 0.15) is 31.9 Å². The predicted molar refractivity (Wildman–Crippen MR) is 54.0 cm³/mol. The second kappa shape index (κ2) is 3.21. The van der Waals surface area contributed by atoms with Gasteiger partial charge in [-0.2, -0.15) is 0 Å². The molecule has 1 atom stereocenters. The van der Waals surface area contributed by atoms with Gasteiger partial charge in [-0.25, -0.2) is 0 Å². The summed E-state index contributed by atoms with van der Waals surface area (Å²) in [6.45, 7) is 3.66. The van der Waals surface area contributed by atoms with Crippen LogP contribution in [0.15, 0.2) is 30.3 Å². The van der Waals surface area contributed by atoms with Gasteiger partial charge < -0.3 is 4.74 Å². The maximum Gasteiger partial charge on any atom is 0.167 e. The van der Waals surface area contributed by atoms with Crippen LogP contribution >= 0.6 is 0 Å². The molecule has 1 saturated heterocycles. The summed E-state index contributed by atoms with van der Waals surface area (Å²) in [7, 11) is 0. The number of benzene rings is 1. The molecule has 1 aliphatic heterocycles. The molecule has 14 heavy (non-hydrogen) atoms. The molecular weight excluding hydrogens is 176 g/mol. The molecule has 74 valence electrons. The van der Waals surface area contributed by atoms with Gasteiger partial charge in [0.05, 0.1) is 6.10 Å². The van der Waals surface area contributed by atoms with Crippen LogP contribution in [0.4, 0.5) is 0 Å². The van der Waals surface area contributed by atoms with Crippen molar-refractivity contribution < 1.29 is 9.53 Å². The molecule has 0 aromatic heterocycles. The maximum atomic E-state index is 11.6. The fraction of sp³-hybridized carbons (Fsp3) is 0.417. The Morgan fingerprint density at radius 3 is 2.43 bits per heavy atom. The van der Waals surface area contributed by atoms with Gasteiger partial charge >= 0.3 is 0 Å². The summed E-state index contributed by atoms with van der Waals surface area (Å²) in [5.41, 5.74) is 0.479. The first-order chi connectivity index (χ1) is 6.59. The minimum Gasteiger partial charge on any atom is -0.359 e. The van der Waals surface area contributed by atoms with Crippen LogP contribution in [-0.4, -0.2) is 11.4 Å². The Kier molecular flexibility index (Phi) is 2.16. The maximum absolute atomic E-state index is 11.6.